The number of carbonyl (C=O) groups is 3. The van der Waals surface area contributed by atoms with Crippen molar-refractivity contribution in [2.45, 2.75) is 62.6 Å². The van der Waals surface area contributed by atoms with E-state index in [1.165, 1.54) is 17.0 Å². The van der Waals surface area contributed by atoms with Gasteiger partial charge in [0.2, 0.25) is 17.7 Å². The molecule has 8 heteroatoms. The maximum absolute atomic E-state index is 14.0. The van der Waals surface area contributed by atoms with Gasteiger partial charge in [0.1, 0.15) is 5.54 Å². The molecular formula is C27H29N3O5. The van der Waals surface area contributed by atoms with E-state index < -0.39 is 23.4 Å². The number of likely N-dealkylation sites (tertiary alicyclic amines) is 1. The molecule has 3 amide bonds. The monoisotopic (exact) mass is 475 g/mol. The van der Waals surface area contributed by atoms with Crippen LogP contribution >= 0.6 is 0 Å². The standard InChI is InChI=1S/C27H29N3O5/c31-20-12-11-15(14-21(20)32)13-19-22-23(25(34)30(24(22)33)16-7-3-1-2-4-8-16)27(29-19)17-9-5-6-10-18(17)28-26(27)35/h5-6,9-12,14,16,19,22-23,29,31-32H,1-4,7-8,13H2,(H,28,35)/t19-,22+,23+,27-/m0/s1. The molecular weight excluding hydrogens is 446 g/mol. The summed E-state index contributed by atoms with van der Waals surface area (Å²) >= 11 is 0. The number of carbonyl (C=O) groups excluding carboxylic acids is 3. The van der Waals surface area contributed by atoms with E-state index in [0.717, 1.165) is 38.5 Å². The molecule has 1 saturated carbocycles. The van der Waals surface area contributed by atoms with Gasteiger partial charge < -0.3 is 15.5 Å². The Balaban J connectivity index is 1.44. The Labute approximate surface area is 203 Å². The van der Waals surface area contributed by atoms with Crippen LogP contribution in [-0.4, -0.2) is 44.9 Å². The highest BCUT2D eigenvalue weighted by atomic mass is 16.3. The highest BCUT2D eigenvalue weighted by molar-refractivity contribution is 6.15. The minimum atomic E-state index is -1.32. The summed E-state index contributed by atoms with van der Waals surface area (Å²) in [6, 6.07) is 11.3. The van der Waals surface area contributed by atoms with Gasteiger partial charge in [-0.2, -0.15) is 0 Å². The number of imide groups is 1. The van der Waals surface area contributed by atoms with Gasteiger partial charge in [0, 0.05) is 23.3 Å². The quantitative estimate of drug-likeness (QED) is 0.308. The molecule has 1 spiro atoms. The minimum absolute atomic E-state index is 0.127. The van der Waals surface area contributed by atoms with Gasteiger partial charge in [0.15, 0.2) is 11.5 Å². The predicted octanol–water partition coefficient (Wildman–Crippen LogP) is 2.78. The second-order valence-electron chi connectivity index (χ2n) is 10.3. The first-order chi connectivity index (χ1) is 16.9. The van der Waals surface area contributed by atoms with Crippen molar-refractivity contribution in [2.75, 3.05) is 5.32 Å². The maximum Gasteiger partial charge on any atom is 0.250 e. The van der Waals surface area contributed by atoms with E-state index in [-0.39, 0.29) is 35.3 Å². The van der Waals surface area contributed by atoms with Crippen LogP contribution in [0.5, 0.6) is 11.5 Å². The molecule has 35 heavy (non-hydrogen) atoms. The van der Waals surface area contributed by atoms with Crippen LogP contribution in [0, 0.1) is 11.8 Å². The van der Waals surface area contributed by atoms with E-state index >= 15 is 0 Å². The number of benzene rings is 2. The largest absolute Gasteiger partial charge is 0.504 e. The van der Waals surface area contributed by atoms with Crippen molar-refractivity contribution in [3.63, 3.8) is 0 Å². The third-order valence-corrected chi connectivity index (χ3v) is 8.34. The summed E-state index contributed by atoms with van der Waals surface area (Å²) in [5.41, 5.74) is 0.727. The number of nitrogens with one attached hydrogen (secondary N) is 2. The van der Waals surface area contributed by atoms with Gasteiger partial charge in [-0.3, -0.25) is 24.6 Å². The summed E-state index contributed by atoms with van der Waals surface area (Å²) in [5, 5.41) is 26.1. The lowest BCUT2D eigenvalue weighted by molar-refractivity contribution is -0.145. The third kappa shape index (κ3) is 3.19. The Morgan fingerprint density at radius 1 is 0.914 bits per heavy atom. The van der Waals surface area contributed by atoms with Crippen LogP contribution in [0.1, 0.15) is 49.7 Å². The van der Waals surface area contributed by atoms with E-state index in [9.17, 15) is 24.6 Å². The normalized spacial score (nSPS) is 30.5. The van der Waals surface area contributed by atoms with Gasteiger partial charge in [-0.05, 0) is 43.0 Å². The van der Waals surface area contributed by atoms with Gasteiger partial charge in [-0.1, -0.05) is 49.9 Å². The van der Waals surface area contributed by atoms with Crippen molar-refractivity contribution in [1.82, 2.24) is 10.2 Å². The number of anilines is 1. The fraction of sp³-hybridized carbons (Fsp3) is 0.444. The average Bonchev–Trinajstić information content (AvgIpc) is 3.30. The second kappa shape index (κ2) is 8.09. The van der Waals surface area contributed by atoms with Crippen LogP contribution in [0.25, 0.3) is 0 Å². The molecule has 0 aromatic heterocycles. The summed E-state index contributed by atoms with van der Waals surface area (Å²) < 4.78 is 0. The van der Waals surface area contributed by atoms with Crippen molar-refractivity contribution in [3.8, 4) is 11.5 Å². The predicted molar refractivity (Wildman–Crippen MR) is 127 cm³/mol. The highest BCUT2D eigenvalue weighted by Crippen LogP contribution is 2.54. The van der Waals surface area contributed by atoms with Crippen molar-refractivity contribution >= 4 is 23.4 Å². The zero-order chi connectivity index (χ0) is 24.3. The summed E-state index contributed by atoms with van der Waals surface area (Å²) in [5.74, 6) is -2.78. The number of amides is 3. The molecule has 6 rings (SSSR count). The zero-order valence-corrected chi connectivity index (χ0v) is 19.4. The van der Waals surface area contributed by atoms with Gasteiger partial charge in [-0.25, -0.2) is 0 Å². The summed E-state index contributed by atoms with van der Waals surface area (Å²) in [6.45, 7) is 0. The topological polar surface area (TPSA) is 119 Å². The Hall–Kier alpha value is -3.39. The number of para-hydroxylation sites is 1. The lowest BCUT2D eigenvalue weighted by Crippen LogP contribution is -2.54. The lowest BCUT2D eigenvalue weighted by atomic mass is 9.76. The molecule has 1 aliphatic carbocycles. The molecule has 2 aromatic rings. The average molecular weight is 476 g/mol. The molecule has 0 radical (unpaired) electrons. The first-order valence-corrected chi connectivity index (χ1v) is 12.5. The maximum atomic E-state index is 14.0. The number of aromatic hydroxyl groups is 2. The van der Waals surface area contributed by atoms with Gasteiger partial charge in [-0.15, -0.1) is 0 Å². The zero-order valence-electron chi connectivity index (χ0n) is 19.4. The molecule has 2 aromatic carbocycles. The van der Waals surface area contributed by atoms with E-state index in [0.29, 0.717) is 23.2 Å². The molecule has 182 valence electrons. The van der Waals surface area contributed by atoms with E-state index in [2.05, 4.69) is 10.6 Å². The van der Waals surface area contributed by atoms with Gasteiger partial charge >= 0.3 is 0 Å². The Morgan fingerprint density at radius 2 is 1.66 bits per heavy atom. The SMILES string of the molecule is O=C1[C@@H]2[C@H](Cc3ccc(O)c(O)c3)N[C@]3(C(=O)Nc4ccccc43)[C@H]2C(=O)N1C1CCCCCC1. The second-order valence-corrected chi connectivity index (χ2v) is 10.3. The number of hydrogen-bond donors (Lipinski definition) is 4. The van der Waals surface area contributed by atoms with Crippen LogP contribution in [0.2, 0.25) is 0 Å². The number of rotatable bonds is 3. The molecule has 0 bridgehead atoms. The number of nitrogens with zero attached hydrogens (tertiary/aromatic N) is 1. The fourth-order valence-corrected chi connectivity index (χ4v) is 6.78. The van der Waals surface area contributed by atoms with Gasteiger partial charge in [0.05, 0.1) is 11.8 Å². The van der Waals surface area contributed by atoms with Crippen LogP contribution in [0.15, 0.2) is 42.5 Å². The molecule has 8 nitrogen and oxygen atoms in total. The van der Waals surface area contributed by atoms with Crippen molar-refractivity contribution < 1.29 is 24.6 Å². The first kappa shape index (κ1) is 22.1. The van der Waals surface area contributed by atoms with Crippen molar-refractivity contribution in [1.29, 1.82) is 0 Å². The van der Waals surface area contributed by atoms with Crippen LogP contribution < -0.4 is 10.6 Å². The molecule has 4 N–H and O–H groups in total. The molecule has 3 heterocycles. The molecule has 4 aliphatic rings. The van der Waals surface area contributed by atoms with Crippen LogP contribution in [-0.2, 0) is 26.3 Å². The molecule has 4 atom stereocenters. The fourth-order valence-electron chi connectivity index (χ4n) is 6.78. The summed E-state index contributed by atoms with van der Waals surface area (Å²) in [4.78, 5) is 43.0. The van der Waals surface area contributed by atoms with E-state index in [1.54, 1.807) is 6.07 Å². The Bertz CT molecular complexity index is 1220. The number of phenols is 2. The minimum Gasteiger partial charge on any atom is -0.504 e. The van der Waals surface area contributed by atoms with Crippen molar-refractivity contribution in [3.05, 3.63) is 53.6 Å². The van der Waals surface area contributed by atoms with Gasteiger partial charge in [0.25, 0.3) is 0 Å². The molecule has 2 saturated heterocycles. The van der Waals surface area contributed by atoms with Crippen LogP contribution in [0.3, 0.4) is 0 Å². The van der Waals surface area contributed by atoms with E-state index in [1.807, 2.05) is 24.3 Å². The van der Waals surface area contributed by atoms with E-state index in [4.69, 9.17) is 0 Å². The lowest BCUT2D eigenvalue weighted by Gasteiger charge is -2.32. The van der Waals surface area contributed by atoms with Crippen LogP contribution in [0.4, 0.5) is 5.69 Å². The molecule has 3 fully saturated rings. The number of hydrogen-bond acceptors (Lipinski definition) is 6. The Morgan fingerprint density at radius 3 is 2.40 bits per heavy atom. The third-order valence-electron chi connectivity index (χ3n) is 8.34. The summed E-state index contributed by atoms with van der Waals surface area (Å²) in [7, 11) is 0. The van der Waals surface area contributed by atoms with Crippen molar-refractivity contribution in [2.24, 2.45) is 11.8 Å². The smallest absolute Gasteiger partial charge is 0.250 e. The Kier molecular flexibility index (Phi) is 5.11. The first-order valence-electron chi connectivity index (χ1n) is 12.5. The molecule has 3 aliphatic heterocycles. The number of fused-ring (bicyclic) bond motifs is 4. The number of phenolic OH excluding ortho intramolecular Hbond substituents is 2. The summed E-state index contributed by atoms with van der Waals surface area (Å²) in [6.07, 6.45) is 6.11. The highest BCUT2D eigenvalue weighted by Gasteiger charge is 2.70. The molecule has 0 unspecified atom stereocenters.